The zero-order chi connectivity index (χ0) is 13.2. The second kappa shape index (κ2) is 8.60. The average molecular weight is 257 g/mol. The number of nitrogens with zero attached hydrogens (tertiary/aromatic N) is 3. The van der Waals surface area contributed by atoms with Crippen molar-refractivity contribution in [1.82, 2.24) is 15.0 Å². The summed E-state index contributed by atoms with van der Waals surface area (Å²) in [4.78, 5) is 11.0. The Bertz CT molecular complexity index is 354. The third-order valence-corrected chi connectivity index (χ3v) is 2.30. The smallest absolute Gasteiger partial charge is 0.305 e. The predicted molar refractivity (Wildman–Crippen MR) is 63.1 cm³/mol. The van der Waals surface area contributed by atoms with Gasteiger partial charge in [0.25, 0.3) is 0 Å². The lowest BCUT2D eigenvalue weighted by Gasteiger charge is -2.02. The van der Waals surface area contributed by atoms with Gasteiger partial charge in [-0.2, -0.15) is 0 Å². The van der Waals surface area contributed by atoms with Gasteiger partial charge in [-0.25, -0.2) is 4.68 Å². The Labute approximate surface area is 106 Å². The SMILES string of the molecule is COCCOCCn1cc(CCC(=O)OC)nn1. The van der Waals surface area contributed by atoms with E-state index in [1.165, 1.54) is 7.11 Å². The van der Waals surface area contributed by atoms with Crippen LogP contribution in [0.15, 0.2) is 6.20 Å². The molecule has 0 radical (unpaired) electrons. The first kappa shape index (κ1) is 14.6. The van der Waals surface area contributed by atoms with Gasteiger partial charge in [-0.1, -0.05) is 5.21 Å². The quantitative estimate of drug-likeness (QED) is 0.459. The van der Waals surface area contributed by atoms with Crippen LogP contribution in [0.25, 0.3) is 0 Å². The van der Waals surface area contributed by atoms with Gasteiger partial charge in [0.2, 0.25) is 0 Å². The number of hydrogen-bond donors (Lipinski definition) is 0. The van der Waals surface area contributed by atoms with Crippen molar-refractivity contribution in [1.29, 1.82) is 0 Å². The molecule has 0 saturated carbocycles. The number of methoxy groups -OCH3 is 2. The van der Waals surface area contributed by atoms with Crippen LogP contribution in [0.5, 0.6) is 0 Å². The second-order valence-corrected chi connectivity index (χ2v) is 3.65. The molecule has 0 spiro atoms. The minimum atomic E-state index is -0.243. The minimum Gasteiger partial charge on any atom is -0.469 e. The highest BCUT2D eigenvalue weighted by molar-refractivity contribution is 5.69. The molecular formula is C11H19N3O4. The molecule has 0 aliphatic heterocycles. The maximum atomic E-state index is 11.0. The van der Waals surface area contributed by atoms with Crippen LogP contribution in [0.2, 0.25) is 0 Å². The molecule has 0 atom stereocenters. The van der Waals surface area contributed by atoms with E-state index in [4.69, 9.17) is 9.47 Å². The van der Waals surface area contributed by atoms with Crippen LogP contribution >= 0.6 is 0 Å². The van der Waals surface area contributed by atoms with E-state index in [2.05, 4.69) is 15.0 Å². The largest absolute Gasteiger partial charge is 0.469 e. The Morgan fingerprint density at radius 1 is 1.33 bits per heavy atom. The van der Waals surface area contributed by atoms with Gasteiger partial charge in [0.15, 0.2) is 0 Å². The monoisotopic (exact) mass is 257 g/mol. The molecule has 1 aromatic heterocycles. The number of carbonyl (C=O) groups excluding carboxylic acids is 1. The molecule has 1 aromatic rings. The Morgan fingerprint density at radius 2 is 2.17 bits per heavy atom. The zero-order valence-electron chi connectivity index (χ0n) is 10.8. The molecular weight excluding hydrogens is 238 g/mol. The summed E-state index contributed by atoms with van der Waals surface area (Å²) in [5, 5.41) is 7.90. The number of rotatable bonds is 9. The highest BCUT2D eigenvalue weighted by Gasteiger charge is 2.05. The van der Waals surface area contributed by atoms with Crippen LogP contribution in [-0.4, -0.2) is 55.0 Å². The molecule has 7 nitrogen and oxygen atoms in total. The van der Waals surface area contributed by atoms with Gasteiger partial charge >= 0.3 is 5.97 Å². The van der Waals surface area contributed by atoms with Gasteiger partial charge < -0.3 is 14.2 Å². The highest BCUT2D eigenvalue weighted by Crippen LogP contribution is 1.99. The van der Waals surface area contributed by atoms with E-state index < -0.39 is 0 Å². The lowest BCUT2D eigenvalue weighted by molar-refractivity contribution is -0.140. The summed E-state index contributed by atoms with van der Waals surface area (Å²) in [6.45, 7) is 2.35. The molecule has 18 heavy (non-hydrogen) atoms. The number of hydrogen-bond acceptors (Lipinski definition) is 6. The Hall–Kier alpha value is -1.47. The van der Waals surface area contributed by atoms with Crippen molar-refractivity contribution in [3.05, 3.63) is 11.9 Å². The summed E-state index contributed by atoms with van der Waals surface area (Å²) in [7, 11) is 3.00. The van der Waals surface area contributed by atoms with Gasteiger partial charge in [-0.3, -0.25) is 4.79 Å². The van der Waals surface area contributed by atoms with Crippen LogP contribution in [0.1, 0.15) is 12.1 Å². The normalized spacial score (nSPS) is 10.6. The fraction of sp³-hybridized carbons (Fsp3) is 0.727. The van der Waals surface area contributed by atoms with Gasteiger partial charge in [-0.15, -0.1) is 5.10 Å². The van der Waals surface area contributed by atoms with Crippen LogP contribution in [-0.2, 0) is 32.0 Å². The molecule has 0 fully saturated rings. The van der Waals surface area contributed by atoms with E-state index in [-0.39, 0.29) is 5.97 Å². The fourth-order valence-corrected chi connectivity index (χ4v) is 1.30. The number of ether oxygens (including phenoxy) is 3. The fourth-order valence-electron chi connectivity index (χ4n) is 1.30. The van der Waals surface area contributed by atoms with Gasteiger partial charge in [0.1, 0.15) is 0 Å². The van der Waals surface area contributed by atoms with Gasteiger partial charge in [-0.05, 0) is 0 Å². The molecule has 0 bridgehead atoms. The molecule has 7 heteroatoms. The third-order valence-electron chi connectivity index (χ3n) is 2.30. The van der Waals surface area contributed by atoms with Gasteiger partial charge in [0.05, 0.1) is 45.6 Å². The summed E-state index contributed by atoms with van der Waals surface area (Å²) >= 11 is 0. The van der Waals surface area contributed by atoms with E-state index in [1.807, 2.05) is 6.20 Å². The van der Waals surface area contributed by atoms with E-state index in [1.54, 1.807) is 11.8 Å². The van der Waals surface area contributed by atoms with Crippen molar-refractivity contribution in [3.63, 3.8) is 0 Å². The van der Waals surface area contributed by atoms with Crippen LogP contribution in [0.3, 0.4) is 0 Å². The standard InChI is InChI=1S/C11H19N3O4/c1-16-7-8-18-6-5-14-9-10(12-13-14)3-4-11(15)17-2/h9H,3-8H2,1-2H3. The Morgan fingerprint density at radius 3 is 2.89 bits per heavy atom. The Kier molecular flexibility index (Phi) is 6.97. The first-order chi connectivity index (χ1) is 8.76. The topological polar surface area (TPSA) is 75.5 Å². The van der Waals surface area contributed by atoms with Crippen molar-refractivity contribution in [2.45, 2.75) is 19.4 Å². The van der Waals surface area contributed by atoms with Crippen molar-refractivity contribution < 1.29 is 19.0 Å². The first-order valence-electron chi connectivity index (χ1n) is 5.78. The number of aryl methyl sites for hydroxylation is 1. The summed E-state index contributed by atoms with van der Waals surface area (Å²) in [5.41, 5.74) is 0.775. The van der Waals surface area contributed by atoms with Crippen molar-refractivity contribution >= 4 is 5.97 Å². The molecule has 0 N–H and O–H groups in total. The molecule has 0 saturated heterocycles. The summed E-state index contributed by atoms with van der Waals surface area (Å²) in [6.07, 6.45) is 2.67. The van der Waals surface area contributed by atoms with Crippen LogP contribution < -0.4 is 0 Å². The third kappa shape index (κ3) is 5.74. The number of esters is 1. The second-order valence-electron chi connectivity index (χ2n) is 3.65. The summed E-state index contributed by atoms with van der Waals surface area (Å²) in [5.74, 6) is -0.243. The van der Waals surface area contributed by atoms with E-state index in [0.29, 0.717) is 39.2 Å². The molecule has 1 rings (SSSR count). The molecule has 0 aromatic carbocycles. The number of carbonyl (C=O) groups is 1. The van der Waals surface area contributed by atoms with Crippen molar-refractivity contribution in [3.8, 4) is 0 Å². The maximum absolute atomic E-state index is 11.0. The predicted octanol–water partition coefficient (Wildman–Crippen LogP) is 0.0467. The van der Waals surface area contributed by atoms with Crippen LogP contribution in [0, 0.1) is 0 Å². The average Bonchev–Trinajstić information content (AvgIpc) is 2.83. The highest BCUT2D eigenvalue weighted by atomic mass is 16.5. The molecule has 0 aliphatic carbocycles. The Balaban J connectivity index is 2.19. The zero-order valence-corrected chi connectivity index (χ0v) is 10.8. The molecule has 1 heterocycles. The molecule has 0 unspecified atom stereocenters. The minimum absolute atomic E-state index is 0.243. The lowest BCUT2D eigenvalue weighted by atomic mass is 10.2. The lowest BCUT2D eigenvalue weighted by Crippen LogP contribution is -2.09. The molecule has 0 aliphatic rings. The molecule has 0 amide bonds. The molecule has 102 valence electrons. The first-order valence-corrected chi connectivity index (χ1v) is 5.78. The van der Waals surface area contributed by atoms with Gasteiger partial charge in [0, 0.05) is 19.7 Å². The van der Waals surface area contributed by atoms with E-state index >= 15 is 0 Å². The maximum Gasteiger partial charge on any atom is 0.305 e. The summed E-state index contributed by atoms with van der Waals surface area (Å²) in [6, 6.07) is 0. The van der Waals surface area contributed by atoms with E-state index in [9.17, 15) is 4.79 Å². The van der Waals surface area contributed by atoms with Crippen LogP contribution in [0.4, 0.5) is 0 Å². The van der Waals surface area contributed by atoms with E-state index in [0.717, 1.165) is 5.69 Å². The number of aromatic nitrogens is 3. The van der Waals surface area contributed by atoms with Crippen molar-refractivity contribution in [2.75, 3.05) is 34.0 Å². The van der Waals surface area contributed by atoms with Crippen molar-refractivity contribution in [2.24, 2.45) is 0 Å². The summed E-state index contributed by atoms with van der Waals surface area (Å²) < 4.78 is 16.4.